The number of nitrogens with two attached hydrogens (primary N) is 1. The highest BCUT2D eigenvalue weighted by molar-refractivity contribution is 7.20. The molecule has 0 atom stereocenters. The molecule has 36 heavy (non-hydrogen) atoms. The summed E-state index contributed by atoms with van der Waals surface area (Å²) in [5, 5.41) is 11.3. The summed E-state index contributed by atoms with van der Waals surface area (Å²) in [6, 6.07) is 15.1. The smallest absolute Gasteiger partial charge is 0.265 e. The number of nitrogen functional groups attached to an aromatic ring is 1. The molecule has 1 fully saturated rings. The number of carbonyl (C=O) groups excluding carboxylic acids is 1. The van der Waals surface area contributed by atoms with E-state index in [0.29, 0.717) is 16.3 Å². The molecule has 0 aliphatic heterocycles. The zero-order chi connectivity index (χ0) is 24.5. The van der Waals surface area contributed by atoms with Gasteiger partial charge in [0.05, 0.1) is 38.0 Å². The number of aromatic nitrogens is 3. The molecule has 0 bridgehead atoms. The third kappa shape index (κ3) is 4.97. The van der Waals surface area contributed by atoms with Crippen LogP contribution in [0.25, 0.3) is 16.2 Å². The molecule has 8 nitrogen and oxygen atoms in total. The van der Waals surface area contributed by atoms with Gasteiger partial charge in [0.1, 0.15) is 5.65 Å². The number of nitrogens with zero attached hydrogens (tertiary/aromatic N) is 3. The highest BCUT2D eigenvalue weighted by atomic mass is 32.1. The summed E-state index contributed by atoms with van der Waals surface area (Å²) >= 11 is 2.91. The molecule has 1 aromatic carbocycles. The van der Waals surface area contributed by atoms with Crippen LogP contribution in [0.2, 0.25) is 0 Å². The van der Waals surface area contributed by atoms with E-state index in [1.807, 2.05) is 30.6 Å². The van der Waals surface area contributed by atoms with Crippen molar-refractivity contribution in [1.29, 1.82) is 0 Å². The monoisotopic (exact) mass is 515 g/mol. The minimum atomic E-state index is -0.196. The van der Waals surface area contributed by atoms with E-state index >= 15 is 0 Å². The lowest BCUT2D eigenvalue weighted by Gasteiger charge is -2.06. The molecule has 0 radical (unpaired) electrons. The highest BCUT2D eigenvalue weighted by Crippen LogP contribution is 2.33. The first-order valence-corrected chi connectivity index (χ1v) is 13.4. The summed E-state index contributed by atoms with van der Waals surface area (Å²) in [4.78, 5) is 23.4. The summed E-state index contributed by atoms with van der Waals surface area (Å²) in [5.74, 6) is 0.672. The third-order valence-corrected chi connectivity index (χ3v) is 8.00. The number of thiazole rings is 1. The topological polar surface area (TPSA) is 109 Å². The van der Waals surface area contributed by atoms with E-state index < -0.39 is 0 Å². The van der Waals surface area contributed by atoms with Crippen molar-refractivity contribution in [2.24, 2.45) is 5.92 Å². The van der Waals surface area contributed by atoms with Gasteiger partial charge >= 0.3 is 0 Å². The molecule has 6 rings (SSSR count). The van der Waals surface area contributed by atoms with E-state index in [1.165, 1.54) is 29.7 Å². The Hall–Kier alpha value is -3.73. The molecular weight excluding hydrogens is 490 g/mol. The molecule has 0 saturated heterocycles. The van der Waals surface area contributed by atoms with Crippen LogP contribution in [0.3, 0.4) is 0 Å². The average Bonchev–Trinajstić information content (AvgIpc) is 3.23. The van der Waals surface area contributed by atoms with Crippen molar-refractivity contribution in [3.05, 3.63) is 77.6 Å². The summed E-state index contributed by atoms with van der Waals surface area (Å²) in [6.45, 7) is 1.96. The van der Waals surface area contributed by atoms with Crippen molar-refractivity contribution in [1.82, 2.24) is 19.7 Å². The van der Waals surface area contributed by atoms with Gasteiger partial charge in [-0.15, -0.1) is 11.3 Å². The Morgan fingerprint density at radius 1 is 1.08 bits per heavy atom. The molecular formula is C26H25N7OS2. The average molecular weight is 516 g/mol. The minimum Gasteiger partial charge on any atom is -0.397 e. The lowest BCUT2D eigenvalue weighted by molar-refractivity contribution is 0.103. The normalized spacial score (nSPS) is 13.2. The number of rotatable bonds is 9. The van der Waals surface area contributed by atoms with Crippen molar-refractivity contribution in [2.75, 3.05) is 22.9 Å². The van der Waals surface area contributed by atoms with E-state index in [9.17, 15) is 4.79 Å². The number of para-hydroxylation sites is 2. The molecule has 5 aromatic rings. The van der Waals surface area contributed by atoms with Crippen LogP contribution in [0.4, 0.5) is 21.5 Å². The Labute approximate surface area is 216 Å². The maximum atomic E-state index is 12.6. The molecule has 1 amide bonds. The second kappa shape index (κ2) is 9.73. The van der Waals surface area contributed by atoms with Crippen LogP contribution in [0.15, 0.2) is 67.1 Å². The van der Waals surface area contributed by atoms with Gasteiger partial charge in [-0.3, -0.25) is 9.20 Å². The van der Waals surface area contributed by atoms with E-state index in [-0.39, 0.29) is 5.91 Å². The first kappa shape index (κ1) is 22.7. The fourth-order valence-corrected chi connectivity index (χ4v) is 5.64. The largest absolute Gasteiger partial charge is 0.397 e. The number of anilines is 4. The highest BCUT2D eigenvalue weighted by Gasteiger charge is 2.20. The van der Waals surface area contributed by atoms with Crippen molar-refractivity contribution in [3.63, 3.8) is 0 Å². The van der Waals surface area contributed by atoms with Gasteiger partial charge < -0.3 is 21.7 Å². The van der Waals surface area contributed by atoms with Crippen LogP contribution >= 0.6 is 22.7 Å². The number of amides is 1. The second-order valence-corrected chi connectivity index (χ2v) is 11.0. The molecule has 10 heteroatoms. The van der Waals surface area contributed by atoms with E-state index in [4.69, 9.17) is 5.73 Å². The van der Waals surface area contributed by atoms with E-state index in [1.54, 1.807) is 29.5 Å². The molecule has 5 N–H and O–H groups in total. The summed E-state index contributed by atoms with van der Waals surface area (Å²) in [7, 11) is 0. The Bertz CT molecular complexity index is 1530. The van der Waals surface area contributed by atoms with E-state index in [2.05, 4.69) is 48.6 Å². The standard InChI is InChI=1S/C26H25N7OS2/c27-18-3-1-2-4-19(18)31-25(34)21-7-8-24(35-21)32-26-30-15-22(36-26)20-14-29-23-11-17(9-10-33(20)23)13-28-12-16-5-6-16/h1-4,7-11,14-16,28H,5-6,12-13,27H2,(H,30,32)(H,31,34). The number of imidazole rings is 1. The van der Waals surface area contributed by atoms with Gasteiger partial charge in [-0.25, -0.2) is 9.97 Å². The number of benzene rings is 1. The van der Waals surface area contributed by atoms with Crippen LogP contribution in [0, 0.1) is 5.92 Å². The lowest BCUT2D eigenvalue weighted by Crippen LogP contribution is -2.16. The van der Waals surface area contributed by atoms with Gasteiger partial charge in [0.15, 0.2) is 5.13 Å². The van der Waals surface area contributed by atoms with Crippen molar-refractivity contribution in [2.45, 2.75) is 19.4 Å². The number of nitrogens with one attached hydrogen (secondary N) is 3. The Kier molecular flexibility index (Phi) is 6.14. The molecule has 1 saturated carbocycles. The number of hydrogen-bond donors (Lipinski definition) is 4. The van der Waals surface area contributed by atoms with Crippen LogP contribution in [0.1, 0.15) is 28.1 Å². The van der Waals surface area contributed by atoms with Gasteiger partial charge in [0, 0.05) is 18.9 Å². The Morgan fingerprint density at radius 3 is 2.83 bits per heavy atom. The first-order chi connectivity index (χ1) is 17.6. The molecule has 1 aliphatic carbocycles. The number of thiophene rings is 1. The third-order valence-electron chi connectivity index (χ3n) is 6.06. The Balaban J connectivity index is 1.12. The predicted molar refractivity (Wildman–Crippen MR) is 147 cm³/mol. The lowest BCUT2D eigenvalue weighted by atomic mass is 10.2. The molecule has 1 aliphatic rings. The molecule has 0 spiro atoms. The number of pyridine rings is 1. The van der Waals surface area contributed by atoms with Crippen molar-refractivity contribution in [3.8, 4) is 10.6 Å². The van der Waals surface area contributed by atoms with Gasteiger partial charge in [-0.05, 0) is 67.3 Å². The van der Waals surface area contributed by atoms with Crippen LogP contribution in [0.5, 0.6) is 0 Å². The van der Waals surface area contributed by atoms with E-state index in [0.717, 1.165) is 45.4 Å². The zero-order valence-corrected chi connectivity index (χ0v) is 21.0. The Morgan fingerprint density at radius 2 is 1.97 bits per heavy atom. The fraction of sp³-hybridized carbons (Fsp3) is 0.192. The molecule has 4 aromatic heterocycles. The summed E-state index contributed by atoms with van der Waals surface area (Å²) in [5.41, 5.74) is 10.2. The summed E-state index contributed by atoms with van der Waals surface area (Å²) in [6.07, 6.45) is 8.52. The minimum absolute atomic E-state index is 0.196. The summed E-state index contributed by atoms with van der Waals surface area (Å²) < 4.78 is 2.09. The second-order valence-electron chi connectivity index (χ2n) is 8.84. The SMILES string of the molecule is Nc1ccccc1NC(=O)c1ccc(Nc2ncc(-c3cnc4cc(CNCC5CC5)ccn34)s2)s1. The van der Waals surface area contributed by atoms with Crippen LogP contribution < -0.4 is 21.7 Å². The predicted octanol–water partition coefficient (Wildman–Crippen LogP) is 5.60. The zero-order valence-electron chi connectivity index (χ0n) is 19.4. The van der Waals surface area contributed by atoms with Crippen molar-refractivity contribution >= 4 is 55.7 Å². The van der Waals surface area contributed by atoms with Crippen LogP contribution in [-0.2, 0) is 6.54 Å². The number of carbonyl (C=O) groups is 1. The maximum Gasteiger partial charge on any atom is 0.265 e. The molecule has 0 unspecified atom stereocenters. The fourth-order valence-electron chi connectivity index (χ4n) is 3.94. The number of fused-ring (bicyclic) bond motifs is 1. The van der Waals surface area contributed by atoms with Crippen molar-refractivity contribution < 1.29 is 4.79 Å². The quantitative estimate of drug-likeness (QED) is 0.190. The van der Waals surface area contributed by atoms with Gasteiger partial charge in [-0.2, -0.15) is 0 Å². The first-order valence-electron chi connectivity index (χ1n) is 11.8. The van der Waals surface area contributed by atoms with Gasteiger partial charge in [-0.1, -0.05) is 23.5 Å². The van der Waals surface area contributed by atoms with Gasteiger partial charge in [0.2, 0.25) is 0 Å². The molecule has 182 valence electrons. The number of hydrogen-bond acceptors (Lipinski definition) is 8. The maximum absolute atomic E-state index is 12.6. The molecule has 4 heterocycles. The van der Waals surface area contributed by atoms with Gasteiger partial charge in [0.25, 0.3) is 5.91 Å². The van der Waals surface area contributed by atoms with Crippen LogP contribution in [-0.4, -0.2) is 26.8 Å².